The molecule has 0 aliphatic carbocycles. The van der Waals surface area contributed by atoms with Crippen molar-refractivity contribution in [1.29, 1.82) is 0 Å². The molecule has 5 heteroatoms. The summed E-state index contributed by atoms with van der Waals surface area (Å²) < 4.78 is 5.20. The highest BCUT2D eigenvalue weighted by atomic mass is 16.6. The minimum atomic E-state index is -0.959. The van der Waals surface area contributed by atoms with Crippen LogP contribution in [0.25, 0.3) is 11.1 Å². The number of aryl methyl sites for hydroxylation is 1. The van der Waals surface area contributed by atoms with Gasteiger partial charge in [0.05, 0.1) is 5.56 Å². The van der Waals surface area contributed by atoms with E-state index >= 15 is 0 Å². The summed E-state index contributed by atoms with van der Waals surface area (Å²) in [6.07, 6.45) is -0.531. The van der Waals surface area contributed by atoms with Crippen LogP contribution in [0.3, 0.4) is 0 Å². The zero-order valence-electron chi connectivity index (χ0n) is 14.2. The average molecular weight is 327 g/mol. The first-order chi connectivity index (χ1) is 11.2. The number of hydrogen-bond acceptors (Lipinski definition) is 3. The Morgan fingerprint density at radius 2 is 1.67 bits per heavy atom. The van der Waals surface area contributed by atoms with E-state index < -0.39 is 17.7 Å². The molecule has 126 valence electrons. The van der Waals surface area contributed by atoms with Crippen LogP contribution in [0.4, 0.5) is 10.5 Å². The molecule has 2 N–H and O–H groups in total. The van der Waals surface area contributed by atoms with Gasteiger partial charge in [0.2, 0.25) is 0 Å². The summed E-state index contributed by atoms with van der Waals surface area (Å²) in [5, 5.41) is 12.1. The third kappa shape index (κ3) is 4.35. The highest BCUT2D eigenvalue weighted by Crippen LogP contribution is 2.27. The van der Waals surface area contributed by atoms with Crippen molar-refractivity contribution >= 4 is 17.7 Å². The summed E-state index contributed by atoms with van der Waals surface area (Å²) in [4.78, 5) is 23.2. The van der Waals surface area contributed by atoms with Crippen molar-refractivity contribution in [2.24, 2.45) is 0 Å². The van der Waals surface area contributed by atoms with Gasteiger partial charge in [-0.25, -0.2) is 9.59 Å². The first-order valence-electron chi connectivity index (χ1n) is 7.61. The number of amides is 1. The van der Waals surface area contributed by atoms with Gasteiger partial charge in [-0.05, 0) is 56.5 Å². The second-order valence-corrected chi connectivity index (χ2v) is 6.51. The number of nitrogens with one attached hydrogen (secondary N) is 1. The van der Waals surface area contributed by atoms with E-state index in [9.17, 15) is 14.7 Å². The Bertz CT molecular complexity index is 758. The molecule has 0 unspecified atom stereocenters. The Morgan fingerprint density at radius 1 is 1.04 bits per heavy atom. The molecular weight excluding hydrogens is 306 g/mol. The molecule has 0 aromatic heterocycles. The van der Waals surface area contributed by atoms with E-state index in [4.69, 9.17) is 4.74 Å². The van der Waals surface area contributed by atoms with Gasteiger partial charge in [0.15, 0.2) is 0 Å². The molecule has 0 radical (unpaired) electrons. The van der Waals surface area contributed by atoms with E-state index in [1.165, 1.54) is 0 Å². The zero-order valence-corrected chi connectivity index (χ0v) is 14.2. The van der Waals surface area contributed by atoms with Gasteiger partial charge in [-0.2, -0.15) is 0 Å². The van der Waals surface area contributed by atoms with Crippen LogP contribution in [-0.2, 0) is 4.74 Å². The van der Waals surface area contributed by atoms with Crippen molar-refractivity contribution in [1.82, 2.24) is 0 Å². The summed E-state index contributed by atoms with van der Waals surface area (Å²) in [7, 11) is 0. The fourth-order valence-electron chi connectivity index (χ4n) is 2.35. The number of carboxylic acid groups (broad SMARTS) is 1. The quantitative estimate of drug-likeness (QED) is 0.856. The molecular formula is C19H21NO4. The summed E-state index contributed by atoms with van der Waals surface area (Å²) in [5.74, 6) is -0.959. The number of carbonyl (C=O) groups excluding carboxylic acids is 1. The number of benzene rings is 2. The third-order valence-corrected chi connectivity index (χ3v) is 3.33. The monoisotopic (exact) mass is 327 g/mol. The summed E-state index contributed by atoms with van der Waals surface area (Å²) in [6.45, 7) is 7.15. The number of ether oxygens (including phenoxy) is 1. The highest BCUT2D eigenvalue weighted by Gasteiger charge is 2.17. The maximum absolute atomic E-state index is 11.8. The second-order valence-electron chi connectivity index (χ2n) is 6.51. The summed E-state index contributed by atoms with van der Waals surface area (Å²) in [6, 6.07) is 12.3. The SMILES string of the molecule is Cc1cccc(-c2ccc(NC(=O)OC(C)(C)C)cc2)c1C(=O)O. The lowest BCUT2D eigenvalue weighted by atomic mass is 9.96. The van der Waals surface area contributed by atoms with Gasteiger partial charge in [0, 0.05) is 5.69 Å². The Morgan fingerprint density at radius 3 is 2.21 bits per heavy atom. The standard InChI is InChI=1S/C19H21NO4/c1-12-6-5-7-15(16(12)17(21)22)13-8-10-14(11-9-13)20-18(23)24-19(2,3)4/h5-11H,1-4H3,(H,20,23)(H,21,22). The van der Waals surface area contributed by atoms with E-state index in [0.717, 1.165) is 5.56 Å². The topological polar surface area (TPSA) is 75.6 Å². The van der Waals surface area contributed by atoms with Crippen LogP contribution in [0.2, 0.25) is 0 Å². The predicted molar refractivity (Wildman–Crippen MR) is 93.4 cm³/mol. The van der Waals surface area contributed by atoms with Gasteiger partial charge in [-0.15, -0.1) is 0 Å². The Labute approximate surface area is 141 Å². The van der Waals surface area contributed by atoms with Crippen LogP contribution in [-0.4, -0.2) is 22.8 Å². The number of anilines is 1. The van der Waals surface area contributed by atoms with Gasteiger partial charge in [0.25, 0.3) is 0 Å². The summed E-state index contributed by atoms with van der Waals surface area (Å²) in [5.41, 5.74) is 2.41. The van der Waals surface area contributed by atoms with Crippen molar-refractivity contribution in [2.45, 2.75) is 33.3 Å². The lowest BCUT2D eigenvalue weighted by molar-refractivity contribution is 0.0634. The maximum atomic E-state index is 11.8. The normalized spacial score (nSPS) is 11.0. The summed E-state index contributed by atoms with van der Waals surface area (Å²) >= 11 is 0. The third-order valence-electron chi connectivity index (χ3n) is 3.33. The van der Waals surface area contributed by atoms with Crippen molar-refractivity contribution < 1.29 is 19.4 Å². The van der Waals surface area contributed by atoms with Crippen molar-refractivity contribution in [2.75, 3.05) is 5.32 Å². The fraction of sp³-hybridized carbons (Fsp3) is 0.263. The fourth-order valence-corrected chi connectivity index (χ4v) is 2.35. The molecule has 0 aliphatic rings. The molecule has 24 heavy (non-hydrogen) atoms. The molecule has 0 fully saturated rings. The number of rotatable bonds is 3. The van der Waals surface area contributed by atoms with E-state index in [-0.39, 0.29) is 5.56 Å². The van der Waals surface area contributed by atoms with E-state index in [0.29, 0.717) is 16.8 Å². The molecule has 2 rings (SSSR count). The lowest BCUT2D eigenvalue weighted by Gasteiger charge is -2.19. The van der Waals surface area contributed by atoms with Gasteiger partial charge >= 0.3 is 12.1 Å². The van der Waals surface area contributed by atoms with Crippen LogP contribution in [0.15, 0.2) is 42.5 Å². The highest BCUT2D eigenvalue weighted by molar-refractivity contribution is 5.97. The second kappa shape index (κ2) is 6.74. The van der Waals surface area contributed by atoms with Crippen LogP contribution in [0.5, 0.6) is 0 Å². The molecule has 2 aromatic rings. The minimum Gasteiger partial charge on any atom is -0.478 e. The first-order valence-corrected chi connectivity index (χ1v) is 7.61. The average Bonchev–Trinajstić information content (AvgIpc) is 2.45. The predicted octanol–water partition coefficient (Wildman–Crippen LogP) is 4.71. The van der Waals surface area contributed by atoms with Crippen LogP contribution in [0, 0.1) is 6.92 Å². The molecule has 0 aliphatic heterocycles. The van der Waals surface area contributed by atoms with Gasteiger partial charge < -0.3 is 9.84 Å². The molecule has 1 amide bonds. The Hall–Kier alpha value is -2.82. The van der Waals surface area contributed by atoms with Gasteiger partial charge in [0.1, 0.15) is 5.60 Å². The molecule has 0 saturated heterocycles. The Balaban J connectivity index is 2.23. The minimum absolute atomic E-state index is 0.283. The molecule has 0 heterocycles. The number of carboxylic acids is 1. The molecule has 5 nitrogen and oxygen atoms in total. The number of carbonyl (C=O) groups is 2. The van der Waals surface area contributed by atoms with E-state index in [1.54, 1.807) is 64.1 Å². The maximum Gasteiger partial charge on any atom is 0.412 e. The first kappa shape index (κ1) is 17.5. The van der Waals surface area contributed by atoms with Gasteiger partial charge in [-0.1, -0.05) is 30.3 Å². The van der Waals surface area contributed by atoms with Crippen LogP contribution >= 0.6 is 0 Å². The van der Waals surface area contributed by atoms with Crippen molar-refractivity contribution in [3.05, 3.63) is 53.6 Å². The Kier molecular flexibility index (Phi) is 4.93. The van der Waals surface area contributed by atoms with E-state index in [2.05, 4.69) is 5.32 Å². The van der Waals surface area contributed by atoms with Crippen LogP contribution in [0.1, 0.15) is 36.7 Å². The van der Waals surface area contributed by atoms with Crippen LogP contribution < -0.4 is 5.32 Å². The number of aromatic carboxylic acids is 1. The lowest BCUT2D eigenvalue weighted by Crippen LogP contribution is -2.27. The molecule has 0 atom stereocenters. The molecule has 0 spiro atoms. The van der Waals surface area contributed by atoms with Crippen molar-refractivity contribution in [3.63, 3.8) is 0 Å². The van der Waals surface area contributed by atoms with E-state index in [1.807, 2.05) is 6.07 Å². The van der Waals surface area contributed by atoms with Gasteiger partial charge in [-0.3, -0.25) is 5.32 Å². The molecule has 0 saturated carbocycles. The molecule has 2 aromatic carbocycles. The van der Waals surface area contributed by atoms with Crippen molar-refractivity contribution in [3.8, 4) is 11.1 Å². The number of hydrogen-bond donors (Lipinski definition) is 2. The largest absolute Gasteiger partial charge is 0.478 e. The smallest absolute Gasteiger partial charge is 0.412 e. The molecule has 0 bridgehead atoms. The zero-order chi connectivity index (χ0) is 17.9.